The Morgan fingerprint density at radius 3 is 2.91 bits per heavy atom. The largest absolute Gasteiger partial charge is 0.359 e. The van der Waals surface area contributed by atoms with Gasteiger partial charge in [-0.15, -0.1) is 0 Å². The maximum absolute atomic E-state index is 11.1. The predicted octanol–water partition coefficient (Wildman–Crippen LogP) is 0.374. The molecule has 0 aromatic carbocycles. The number of rotatable bonds is 2. The van der Waals surface area contributed by atoms with Gasteiger partial charge in [-0.1, -0.05) is 6.92 Å². The van der Waals surface area contributed by atoms with Gasteiger partial charge < -0.3 is 5.32 Å². The summed E-state index contributed by atoms with van der Waals surface area (Å²) in [5.41, 5.74) is 0.649. The van der Waals surface area contributed by atoms with Crippen LogP contribution >= 0.6 is 0 Å². The second kappa shape index (κ2) is 3.18. The Balaban J connectivity index is 3.10. The lowest BCUT2D eigenvalue weighted by atomic mass is 10.3. The van der Waals surface area contributed by atoms with E-state index in [0.29, 0.717) is 17.9 Å². The average Bonchev–Trinajstić information content (AvgIpc) is 2.04. The number of aromatic amines is 1. The zero-order chi connectivity index (χ0) is 8.27. The van der Waals surface area contributed by atoms with Crippen LogP contribution in [0.1, 0.15) is 12.5 Å². The van der Waals surface area contributed by atoms with E-state index < -0.39 is 0 Å². The Morgan fingerprint density at radius 2 is 2.45 bits per heavy atom. The van der Waals surface area contributed by atoms with Crippen molar-refractivity contribution in [2.45, 2.75) is 13.3 Å². The van der Waals surface area contributed by atoms with Gasteiger partial charge in [0.2, 0.25) is 5.95 Å². The van der Waals surface area contributed by atoms with Crippen LogP contribution in [0, 0.1) is 0 Å². The molecule has 1 heterocycles. The molecular formula is C7H11N3O. The molecular weight excluding hydrogens is 142 g/mol. The number of H-pyrrole nitrogens is 1. The summed E-state index contributed by atoms with van der Waals surface area (Å²) in [6.07, 6.45) is 2.30. The highest BCUT2D eigenvalue weighted by Crippen LogP contribution is 1.93. The van der Waals surface area contributed by atoms with Crippen molar-refractivity contribution in [1.29, 1.82) is 0 Å². The number of nitrogens with zero attached hydrogens (tertiary/aromatic N) is 1. The first-order valence-electron chi connectivity index (χ1n) is 3.54. The zero-order valence-electron chi connectivity index (χ0n) is 6.64. The van der Waals surface area contributed by atoms with E-state index in [1.54, 1.807) is 13.2 Å². The van der Waals surface area contributed by atoms with Crippen LogP contribution < -0.4 is 10.9 Å². The van der Waals surface area contributed by atoms with Gasteiger partial charge in [0.15, 0.2) is 0 Å². The third-order valence-electron chi connectivity index (χ3n) is 1.49. The molecule has 1 rings (SSSR count). The maximum Gasteiger partial charge on any atom is 0.255 e. The molecule has 0 aliphatic carbocycles. The molecule has 2 N–H and O–H groups in total. The van der Waals surface area contributed by atoms with E-state index in [4.69, 9.17) is 0 Å². The van der Waals surface area contributed by atoms with E-state index >= 15 is 0 Å². The van der Waals surface area contributed by atoms with Crippen LogP contribution in [0.25, 0.3) is 0 Å². The van der Waals surface area contributed by atoms with E-state index in [9.17, 15) is 4.79 Å². The molecule has 0 aliphatic heterocycles. The molecule has 0 atom stereocenters. The van der Waals surface area contributed by atoms with Crippen LogP contribution in [0.15, 0.2) is 11.0 Å². The summed E-state index contributed by atoms with van der Waals surface area (Å²) in [5, 5.41) is 2.75. The highest BCUT2D eigenvalue weighted by molar-refractivity contribution is 5.23. The topological polar surface area (TPSA) is 57.8 Å². The lowest BCUT2D eigenvalue weighted by Gasteiger charge is -1.98. The zero-order valence-corrected chi connectivity index (χ0v) is 6.64. The van der Waals surface area contributed by atoms with Gasteiger partial charge in [0.1, 0.15) is 0 Å². The van der Waals surface area contributed by atoms with Gasteiger partial charge in [0.25, 0.3) is 5.56 Å². The minimum absolute atomic E-state index is 0.0631. The normalized spacial score (nSPS) is 9.64. The lowest BCUT2D eigenvalue weighted by molar-refractivity contribution is 1.00. The Morgan fingerprint density at radius 1 is 1.73 bits per heavy atom. The van der Waals surface area contributed by atoms with E-state index in [1.807, 2.05) is 6.92 Å². The van der Waals surface area contributed by atoms with Crippen molar-refractivity contribution in [3.8, 4) is 0 Å². The maximum atomic E-state index is 11.1. The minimum atomic E-state index is -0.0631. The Labute approximate surface area is 64.7 Å². The van der Waals surface area contributed by atoms with Crippen LogP contribution in [0.5, 0.6) is 0 Å². The quantitative estimate of drug-likeness (QED) is 0.645. The third-order valence-corrected chi connectivity index (χ3v) is 1.49. The first-order valence-corrected chi connectivity index (χ1v) is 3.54. The third kappa shape index (κ3) is 1.58. The number of aromatic nitrogens is 2. The molecule has 0 amide bonds. The summed E-state index contributed by atoms with van der Waals surface area (Å²) in [5.74, 6) is 0.507. The van der Waals surface area contributed by atoms with E-state index in [1.165, 1.54) is 0 Å². The monoisotopic (exact) mass is 153 g/mol. The average molecular weight is 153 g/mol. The van der Waals surface area contributed by atoms with Crippen LogP contribution in [-0.2, 0) is 6.42 Å². The highest BCUT2D eigenvalue weighted by atomic mass is 16.1. The standard InChI is InChI=1S/C7H11N3O/c1-3-5-4-9-7(8-2)10-6(5)11/h4H,3H2,1-2H3,(H2,8,9,10,11). The smallest absolute Gasteiger partial charge is 0.255 e. The van der Waals surface area contributed by atoms with Gasteiger partial charge in [0.05, 0.1) is 0 Å². The van der Waals surface area contributed by atoms with Crippen LogP contribution in [-0.4, -0.2) is 17.0 Å². The number of hydrogen-bond acceptors (Lipinski definition) is 3. The van der Waals surface area contributed by atoms with Gasteiger partial charge >= 0.3 is 0 Å². The van der Waals surface area contributed by atoms with Crippen LogP contribution in [0.3, 0.4) is 0 Å². The molecule has 60 valence electrons. The van der Waals surface area contributed by atoms with Gasteiger partial charge in [-0.2, -0.15) is 0 Å². The van der Waals surface area contributed by atoms with Crippen LogP contribution in [0.4, 0.5) is 5.95 Å². The van der Waals surface area contributed by atoms with Crippen molar-refractivity contribution < 1.29 is 0 Å². The van der Waals surface area contributed by atoms with E-state index in [-0.39, 0.29) is 5.56 Å². The molecule has 4 nitrogen and oxygen atoms in total. The van der Waals surface area contributed by atoms with E-state index in [0.717, 1.165) is 0 Å². The SMILES string of the molecule is CCc1cnc(NC)[nH]c1=O. The molecule has 0 unspecified atom stereocenters. The molecule has 0 saturated carbocycles. The first kappa shape index (κ1) is 7.78. The summed E-state index contributed by atoms with van der Waals surface area (Å²) < 4.78 is 0. The Bertz CT molecular complexity index is 292. The molecule has 11 heavy (non-hydrogen) atoms. The summed E-state index contributed by atoms with van der Waals surface area (Å²) in [4.78, 5) is 17.7. The van der Waals surface area contributed by atoms with Crippen molar-refractivity contribution in [1.82, 2.24) is 9.97 Å². The van der Waals surface area contributed by atoms with Crippen molar-refractivity contribution >= 4 is 5.95 Å². The fourth-order valence-corrected chi connectivity index (χ4v) is 0.800. The molecule has 1 aromatic heterocycles. The van der Waals surface area contributed by atoms with Crippen molar-refractivity contribution in [2.75, 3.05) is 12.4 Å². The molecule has 1 aromatic rings. The van der Waals surface area contributed by atoms with E-state index in [2.05, 4.69) is 15.3 Å². The molecule has 4 heteroatoms. The molecule has 0 spiro atoms. The fraction of sp³-hybridized carbons (Fsp3) is 0.429. The van der Waals surface area contributed by atoms with Crippen LogP contribution in [0.2, 0.25) is 0 Å². The van der Waals surface area contributed by atoms with Gasteiger partial charge in [-0.25, -0.2) is 4.98 Å². The highest BCUT2D eigenvalue weighted by Gasteiger charge is 1.96. The minimum Gasteiger partial charge on any atom is -0.359 e. The number of nitrogens with one attached hydrogen (secondary N) is 2. The second-order valence-electron chi connectivity index (χ2n) is 2.19. The lowest BCUT2D eigenvalue weighted by Crippen LogP contribution is -2.14. The fourth-order valence-electron chi connectivity index (χ4n) is 0.800. The molecule has 0 saturated heterocycles. The summed E-state index contributed by atoms with van der Waals surface area (Å²) in [6, 6.07) is 0. The number of anilines is 1. The van der Waals surface area contributed by atoms with Crippen molar-refractivity contribution in [3.63, 3.8) is 0 Å². The number of aryl methyl sites for hydroxylation is 1. The number of hydrogen-bond donors (Lipinski definition) is 2. The van der Waals surface area contributed by atoms with Crippen molar-refractivity contribution in [2.24, 2.45) is 0 Å². The predicted molar refractivity (Wildman–Crippen MR) is 43.8 cm³/mol. The van der Waals surface area contributed by atoms with Gasteiger partial charge in [-0.05, 0) is 6.42 Å². The van der Waals surface area contributed by atoms with Crippen molar-refractivity contribution in [3.05, 3.63) is 22.1 Å². The first-order chi connectivity index (χ1) is 5.27. The molecule has 0 radical (unpaired) electrons. The summed E-state index contributed by atoms with van der Waals surface area (Å²) in [6.45, 7) is 1.92. The van der Waals surface area contributed by atoms with Gasteiger partial charge in [-0.3, -0.25) is 9.78 Å². The molecule has 0 aliphatic rings. The summed E-state index contributed by atoms with van der Waals surface area (Å²) >= 11 is 0. The Hall–Kier alpha value is -1.32. The molecule has 0 fully saturated rings. The van der Waals surface area contributed by atoms with Gasteiger partial charge in [0, 0.05) is 18.8 Å². The second-order valence-corrected chi connectivity index (χ2v) is 2.19. The Kier molecular flexibility index (Phi) is 2.25. The summed E-state index contributed by atoms with van der Waals surface area (Å²) in [7, 11) is 1.71. The molecule has 0 bridgehead atoms.